The number of pyridine rings is 1. The zero-order valence-corrected chi connectivity index (χ0v) is 13.6. The van der Waals surface area contributed by atoms with Gasteiger partial charge in [-0.15, -0.1) is 0 Å². The van der Waals surface area contributed by atoms with E-state index < -0.39 is 0 Å². The van der Waals surface area contributed by atoms with Crippen molar-refractivity contribution in [3.05, 3.63) is 29.6 Å². The van der Waals surface area contributed by atoms with E-state index in [0.717, 1.165) is 18.8 Å². The molecule has 1 aromatic heterocycles. The molecule has 3 heteroatoms. The summed E-state index contributed by atoms with van der Waals surface area (Å²) in [6.07, 6.45) is 8.10. The lowest BCUT2D eigenvalue weighted by molar-refractivity contribution is 0.00185. The second-order valence-corrected chi connectivity index (χ2v) is 6.92. The molecule has 1 aliphatic heterocycles. The van der Waals surface area contributed by atoms with Gasteiger partial charge in [0.25, 0.3) is 0 Å². The number of aryl methyl sites for hydroxylation is 1. The van der Waals surface area contributed by atoms with Crippen molar-refractivity contribution in [3.63, 3.8) is 0 Å². The predicted octanol–water partition coefficient (Wildman–Crippen LogP) is 3.28. The monoisotopic (exact) mass is 287 g/mol. The van der Waals surface area contributed by atoms with Crippen molar-refractivity contribution < 1.29 is 0 Å². The minimum absolute atomic E-state index is 0.384. The molecule has 2 aliphatic rings. The average molecular weight is 287 g/mol. The summed E-state index contributed by atoms with van der Waals surface area (Å²) in [4.78, 5) is 7.48. The molecule has 1 aliphatic carbocycles. The molecule has 1 aromatic rings. The van der Waals surface area contributed by atoms with Gasteiger partial charge in [0, 0.05) is 36.9 Å². The summed E-state index contributed by atoms with van der Waals surface area (Å²) in [5.74, 6) is 0. The summed E-state index contributed by atoms with van der Waals surface area (Å²) in [6, 6.07) is 7.06. The van der Waals surface area contributed by atoms with Crippen LogP contribution in [0.2, 0.25) is 0 Å². The van der Waals surface area contributed by atoms with Crippen LogP contribution in [0.1, 0.15) is 56.8 Å². The summed E-state index contributed by atoms with van der Waals surface area (Å²) in [5, 5.41) is 3.79. The molecule has 1 N–H and O–H groups in total. The van der Waals surface area contributed by atoms with Crippen molar-refractivity contribution in [3.8, 4) is 0 Å². The maximum Gasteiger partial charge on any atom is 0.0547 e. The Morgan fingerprint density at radius 2 is 2.10 bits per heavy atom. The van der Waals surface area contributed by atoms with Gasteiger partial charge in [-0.05, 0) is 38.3 Å². The van der Waals surface area contributed by atoms with Crippen molar-refractivity contribution >= 4 is 0 Å². The summed E-state index contributed by atoms with van der Waals surface area (Å²) in [5.41, 5.74) is 2.75. The van der Waals surface area contributed by atoms with Crippen LogP contribution in [-0.4, -0.2) is 34.6 Å². The molecule has 0 bridgehead atoms. The SMILES string of the molecule is CCC1CN(Cc2cccc(C)n2)C2(CCCCC2)CN1. The lowest BCUT2D eigenvalue weighted by Crippen LogP contribution is -2.64. The lowest BCUT2D eigenvalue weighted by Gasteiger charge is -2.52. The van der Waals surface area contributed by atoms with Crippen LogP contribution < -0.4 is 5.32 Å². The van der Waals surface area contributed by atoms with Crippen LogP contribution in [0, 0.1) is 6.92 Å². The van der Waals surface area contributed by atoms with E-state index in [1.807, 2.05) is 0 Å². The number of nitrogens with zero attached hydrogens (tertiary/aromatic N) is 2. The Bertz CT molecular complexity index is 465. The topological polar surface area (TPSA) is 28.2 Å². The zero-order valence-electron chi connectivity index (χ0n) is 13.6. The molecule has 2 heterocycles. The highest BCUT2D eigenvalue weighted by molar-refractivity contribution is 5.11. The van der Waals surface area contributed by atoms with E-state index >= 15 is 0 Å². The molecule has 1 saturated heterocycles. The Kier molecular flexibility index (Phi) is 4.60. The number of aromatic nitrogens is 1. The van der Waals surface area contributed by atoms with Crippen molar-refractivity contribution in [2.24, 2.45) is 0 Å². The van der Waals surface area contributed by atoms with Gasteiger partial charge < -0.3 is 5.32 Å². The molecular weight excluding hydrogens is 258 g/mol. The largest absolute Gasteiger partial charge is 0.311 e. The van der Waals surface area contributed by atoms with E-state index in [9.17, 15) is 0 Å². The van der Waals surface area contributed by atoms with Gasteiger partial charge in [0.2, 0.25) is 0 Å². The summed E-state index contributed by atoms with van der Waals surface area (Å²) >= 11 is 0. The Morgan fingerprint density at radius 3 is 2.81 bits per heavy atom. The maximum absolute atomic E-state index is 4.73. The maximum atomic E-state index is 4.73. The Morgan fingerprint density at radius 1 is 1.29 bits per heavy atom. The third-order valence-electron chi connectivity index (χ3n) is 5.41. The third-order valence-corrected chi connectivity index (χ3v) is 5.41. The highest BCUT2D eigenvalue weighted by atomic mass is 15.3. The second-order valence-electron chi connectivity index (χ2n) is 6.92. The molecule has 0 amide bonds. The fourth-order valence-electron chi connectivity index (χ4n) is 4.06. The minimum Gasteiger partial charge on any atom is -0.311 e. The van der Waals surface area contributed by atoms with E-state index in [-0.39, 0.29) is 0 Å². The first-order valence-corrected chi connectivity index (χ1v) is 8.63. The van der Waals surface area contributed by atoms with Gasteiger partial charge in [-0.3, -0.25) is 9.88 Å². The van der Waals surface area contributed by atoms with Gasteiger partial charge in [0.1, 0.15) is 0 Å². The quantitative estimate of drug-likeness (QED) is 0.925. The number of hydrogen-bond acceptors (Lipinski definition) is 3. The van der Waals surface area contributed by atoms with Gasteiger partial charge in [0.15, 0.2) is 0 Å². The normalized spacial score (nSPS) is 26.1. The van der Waals surface area contributed by atoms with Crippen LogP contribution >= 0.6 is 0 Å². The van der Waals surface area contributed by atoms with Crippen LogP contribution in [0.15, 0.2) is 18.2 Å². The van der Waals surface area contributed by atoms with E-state index in [4.69, 9.17) is 4.98 Å². The third kappa shape index (κ3) is 3.29. The van der Waals surface area contributed by atoms with Gasteiger partial charge in [-0.1, -0.05) is 32.3 Å². The fraction of sp³-hybridized carbons (Fsp3) is 0.722. The summed E-state index contributed by atoms with van der Waals surface area (Å²) in [7, 11) is 0. The zero-order chi connectivity index (χ0) is 14.7. The standard InChI is InChI=1S/C18H29N3/c1-3-16-12-21(13-17-9-7-8-15(2)20-17)18(14-19-16)10-5-4-6-11-18/h7-9,16,19H,3-6,10-14H2,1-2H3. The van der Waals surface area contributed by atoms with Gasteiger partial charge in [-0.2, -0.15) is 0 Å². The number of piperazine rings is 1. The van der Waals surface area contributed by atoms with E-state index in [1.165, 1.54) is 50.8 Å². The molecule has 0 radical (unpaired) electrons. The van der Waals surface area contributed by atoms with Crippen molar-refractivity contribution in [2.75, 3.05) is 13.1 Å². The van der Waals surface area contributed by atoms with E-state index in [1.54, 1.807) is 0 Å². The number of hydrogen-bond donors (Lipinski definition) is 1. The molecule has 0 aromatic carbocycles. The first kappa shape index (κ1) is 15.0. The van der Waals surface area contributed by atoms with Crippen molar-refractivity contribution in [2.45, 2.75) is 70.5 Å². The second kappa shape index (κ2) is 6.45. The Balaban J connectivity index is 1.79. The van der Waals surface area contributed by atoms with Crippen LogP contribution in [0.25, 0.3) is 0 Å². The van der Waals surface area contributed by atoms with Crippen LogP contribution in [0.4, 0.5) is 0 Å². The van der Waals surface area contributed by atoms with E-state index in [2.05, 4.69) is 42.3 Å². The van der Waals surface area contributed by atoms with Crippen molar-refractivity contribution in [1.29, 1.82) is 0 Å². The highest BCUT2D eigenvalue weighted by Crippen LogP contribution is 2.36. The first-order chi connectivity index (χ1) is 10.2. The van der Waals surface area contributed by atoms with Gasteiger partial charge >= 0.3 is 0 Å². The molecule has 1 atom stereocenters. The van der Waals surface area contributed by atoms with Crippen LogP contribution in [0.5, 0.6) is 0 Å². The lowest BCUT2D eigenvalue weighted by atomic mass is 9.78. The Hall–Kier alpha value is -0.930. The molecule has 1 unspecified atom stereocenters. The van der Waals surface area contributed by atoms with Crippen LogP contribution in [-0.2, 0) is 6.54 Å². The summed E-state index contributed by atoms with van der Waals surface area (Å²) in [6.45, 7) is 7.73. The van der Waals surface area contributed by atoms with Crippen molar-refractivity contribution in [1.82, 2.24) is 15.2 Å². The molecule has 1 spiro atoms. The first-order valence-electron chi connectivity index (χ1n) is 8.63. The summed E-state index contributed by atoms with van der Waals surface area (Å²) < 4.78 is 0. The molecule has 2 fully saturated rings. The molecular formula is C18H29N3. The highest BCUT2D eigenvalue weighted by Gasteiger charge is 2.41. The molecule has 3 nitrogen and oxygen atoms in total. The number of nitrogens with one attached hydrogen (secondary N) is 1. The molecule has 3 rings (SSSR count). The minimum atomic E-state index is 0.384. The van der Waals surface area contributed by atoms with E-state index in [0.29, 0.717) is 11.6 Å². The Labute approximate surface area is 129 Å². The van der Waals surface area contributed by atoms with Gasteiger partial charge in [0.05, 0.1) is 5.69 Å². The number of rotatable bonds is 3. The fourth-order valence-corrected chi connectivity index (χ4v) is 4.06. The molecule has 116 valence electrons. The van der Waals surface area contributed by atoms with Gasteiger partial charge in [-0.25, -0.2) is 0 Å². The predicted molar refractivity (Wildman–Crippen MR) is 87.3 cm³/mol. The smallest absolute Gasteiger partial charge is 0.0547 e. The molecule has 21 heavy (non-hydrogen) atoms. The average Bonchev–Trinajstić information content (AvgIpc) is 2.51. The molecule has 1 saturated carbocycles. The van der Waals surface area contributed by atoms with Crippen LogP contribution in [0.3, 0.4) is 0 Å².